The van der Waals surface area contributed by atoms with Crippen molar-refractivity contribution in [1.82, 2.24) is 4.57 Å². The fourth-order valence-corrected chi connectivity index (χ4v) is 5.06. The van der Waals surface area contributed by atoms with Crippen molar-refractivity contribution in [2.75, 3.05) is 0 Å². The van der Waals surface area contributed by atoms with Crippen LogP contribution >= 0.6 is 0 Å². The molecule has 0 aliphatic heterocycles. The first kappa shape index (κ1) is 29.4. The minimum atomic E-state index is 0.800. The molecule has 0 saturated heterocycles. The van der Waals surface area contributed by atoms with Gasteiger partial charge in [0.25, 0.3) is 0 Å². The van der Waals surface area contributed by atoms with Gasteiger partial charge in [-0.2, -0.15) is 0 Å². The summed E-state index contributed by atoms with van der Waals surface area (Å²) in [6.45, 7) is 14.2. The Hall–Kier alpha value is -4.62. The van der Waals surface area contributed by atoms with Crippen molar-refractivity contribution >= 4 is 22.0 Å². The van der Waals surface area contributed by atoms with Gasteiger partial charge in [0.1, 0.15) is 0 Å². The molecule has 5 rings (SSSR count). The van der Waals surface area contributed by atoms with Crippen LogP contribution in [0.3, 0.4) is 0 Å². The second-order valence-corrected chi connectivity index (χ2v) is 10.5. The van der Waals surface area contributed by atoms with Crippen LogP contribution in [0.15, 0.2) is 152 Å². The Morgan fingerprint density at radius 3 is 2.12 bits per heavy atom. The Balaban J connectivity index is 0.000000585. The van der Waals surface area contributed by atoms with Gasteiger partial charge in [-0.15, -0.1) is 0 Å². The van der Waals surface area contributed by atoms with Gasteiger partial charge in [-0.05, 0) is 62.0 Å². The van der Waals surface area contributed by atoms with Crippen LogP contribution in [0, 0.1) is 6.92 Å². The largest absolute Gasteiger partial charge is 0.335 e. The second kappa shape index (κ2) is 14.7. The summed E-state index contributed by atoms with van der Waals surface area (Å²) >= 11 is 0. The molecule has 0 fully saturated rings. The molecule has 0 saturated carbocycles. The number of allylic oxidation sites excluding steroid dienone is 12. The van der Waals surface area contributed by atoms with Crippen LogP contribution in [0.4, 0.5) is 0 Å². The maximum atomic E-state index is 3.46. The van der Waals surface area contributed by atoms with Crippen LogP contribution in [0.25, 0.3) is 33.3 Å². The van der Waals surface area contributed by atoms with Crippen LogP contribution in [0.5, 0.6) is 0 Å². The lowest BCUT2D eigenvalue weighted by Crippen LogP contribution is -2.04. The predicted molar refractivity (Wildman–Crippen MR) is 182 cm³/mol. The van der Waals surface area contributed by atoms with Crippen LogP contribution in [0.2, 0.25) is 0 Å². The number of hydrogen-bond acceptors (Lipinski definition) is 0. The summed E-state index contributed by atoms with van der Waals surface area (Å²) in [6.07, 6.45) is 20.8. The van der Waals surface area contributed by atoms with Gasteiger partial charge in [0.15, 0.2) is 0 Å². The molecule has 0 atom stereocenters. The average Bonchev–Trinajstić information content (AvgIpc) is 3.33. The highest BCUT2D eigenvalue weighted by molar-refractivity contribution is 6.03. The van der Waals surface area contributed by atoms with E-state index in [-0.39, 0.29) is 0 Å². The fraction of sp³-hybridized carbons (Fsp3) is 0.150. The first-order valence-corrected chi connectivity index (χ1v) is 14.4. The number of aryl methyl sites for hydroxylation is 1. The molecule has 0 unspecified atom stereocenters. The highest BCUT2D eigenvalue weighted by Gasteiger charge is 2.21. The van der Waals surface area contributed by atoms with E-state index in [9.17, 15) is 0 Å². The molecule has 3 aromatic carbocycles. The van der Waals surface area contributed by atoms with Crippen LogP contribution in [0.1, 0.15) is 43.4 Å². The molecule has 41 heavy (non-hydrogen) atoms. The molecule has 4 aromatic rings. The minimum Gasteiger partial charge on any atom is -0.335 e. The third-order valence-corrected chi connectivity index (χ3v) is 7.05. The van der Waals surface area contributed by atoms with Crippen molar-refractivity contribution in [2.45, 2.75) is 40.2 Å². The Morgan fingerprint density at radius 2 is 1.49 bits per heavy atom. The van der Waals surface area contributed by atoms with Gasteiger partial charge in [0, 0.05) is 23.0 Å². The molecule has 0 amide bonds. The van der Waals surface area contributed by atoms with Crippen molar-refractivity contribution in [2.24, 2.45) is 0 Å². The van der Waals surface area contributed by atoms with Crippen molar-refractivity contribution in [1.29, 1.82) is 0 Å². The Bertz CT molecular complexity index is 1620. The summed E-state index contributed by atoms with van der Waals surface area (Å²) in [5.41, 5.74) is 11.6. The first-order valence-electron chi connectivity index (χ1n) is 14.4. The third-order valence-electron chi connectivity index (χ3n) is 7.05. The van der Waals surface area contributed by atoms with Crippen molar-refractivity contribution in [3.05, 3.63) is 169 Å². The summed E-state index contributed by atoms with van der Waals surface area (Å²) in [4.78, 5) is 0. The number of hydrogen-bond donors (Lipinski definition) is 0. The SMILES string of the molecule is C=C/C=C\C=C.CC(C)=C/C=C(\Cn1c(-c2ccccc2)c(C2=CCCC=C2)c2ccccc21)c1ccc(C)cc1. The summed E-state index contributed by atoms with van der Waals surface area (Å²) in [6, 6.07) is 28.7. The molecule has 1 aromatic heterocycles. The minimum absolute atomic E-state index is 0.800. The van der Waals surface area contributed by atoms with Gasteiger partial charge in [-0.1, -0.05) is 152 Å². The summed E-state index contributed by atoms with van der Waals surface area (Å²) in [5.74, 6) is 0. The van der Waals surface area contributed by atoms with Crippen LogP contribution in [-0.2, 0) is 6.54 Å². The highest BCUT2D eigenvalue weighted by Crippen LogP contribution is 2.40. The van der Waals surface area contributed by atoms with E-state index in [2.05, 4.69) is 148 Å². The number of benzene rings is 3. The van der Waals surface area contributed by atoms with E-state index < -0.39 is 0 Å². The topological polar surface area (TPSA) is 4.93 Å². The Kier molecular flexibility index (Phi) is 10.5. The number of para-hydroxylation sites is 1. The van der Waals surface area contributed by atoms with E-state index in [1.54, 1.807) is 12.2 Å². The summed E-state index contributed by atoms with van der Waals surface area (Å²) < 4.78 is 2.52. The van der Waals surface area contributed by atoms with Gasteiger partial charge in [0.2, 0.25) is 0 Å². The van der Waals surface area contributed by atoms with Gasteiger partial charge in [-0.25, -0.2) is 0 Å². The molecular formula is C40H41N. The zero-order valence-electron chi connectivity index (χ0n) is 24.7. The maximum Gasteiger partial charge on any atom is 0.0574 e. The van der Waals surface area contributed by atoms with Crippen molar-refractivity contribution in [3.8, 4) is 11.3 Å². The fourth-order valence-electron chi connectivity index (χ4n) is 5.06. The molecule has 0 N–H and O–H groups in total. The van der Waals surface area contributed by atoms with E-state index in [1.807, 2.05) is 12.2 Å². The highest BCUT2D eigenvalue weighted by atomic mass is 15.0. The molecule has 0 radical (unpaired) electrons. The van der Waals surface area contributed by atoms with E-state index in [1.165, 1.54) is 55.6 Å². The normalized spacial score (nSPS) is 13.0. The first-order chi connectivity index (χ1) is 20.0. The van der Waals surface area contributed by atoms with Crippen LogP contribution in [-0.4, -0.2) is 4.57 Å². The lowest BCUT2D eigenvalue weighted by molar-refractivity contribution is 0.885. The molecule has 1 heteroatoms. The lowest BCUT2D eigenvalue weighted by Gasteiger charge is -2.17. The van der Waals surface area contributed by atoms with Crippen molar-refractivity contribution in [3.63, 3.8) is 0 Å². The van der Waals surface area contributed by atoms with Crippen LogP contribution < -0.4 is 0 Å². The quantitative estimate of drug-likeness (QED) is 0.198. The maximum absolute atomic E-state index is 3.46. The molecule has 0 bridgehead atoms. The number of rotatable bonds is 8. The van der Waals surface area contributed by atoms with E-state index >= 15 is 0 Å². The standard InChI is InChI=1S/C34H33N.C6H8/c1-25(2)18-21-30(27-22-19-26(3)20-23-27)24-35-32-17-11-10-16-31(32)33(28-12-6-4-7-13-28)34(35)29-14-8-5-9-15-29;1-3-5-6-4-2/h5-6,8-23H,4,7,24H2,1-3H3;3-6H,1-2H2/b30-21+;6-5-. The lowest BCUT2D eigenvalue weighted by atomic mass is 9.94. The molecule has 1 aliphatic carbocycles. The molecule has 1 aliphatic rings. The molecular weight excluding hydrogens is 494 g/mol. The Morgan fingerprint density at radius 1 is 0.805 bits per heavy atom. The van der Waals surface area contributed by atoms with Crippen molar-refractivity contribution < 1.29 is 0 Å². The zero-order chi connectivity index (χ0) is 29.0. The number of nitrogens with zero attached hydrogens (tertiary/aromatic N) is 1. The molecule has 0 spiro atoms. The number of aromatic nitrogens is 1. The Labute approximate surface area is 246 Å². The monoisotopic (exact) mass is 535 g/mol. The molecule has 206 valence electrons. The molecule has 1 nitrogen and oxygen atoms in total. The molecule has 1 heterocycles. The summed E-state index contributed by atoms with van der Waals surface area (Å²) in [7, 11) is 0. The van der Waals surface area contributed by atoms with Gasteiger partial charge >= 0.3 is 0 Å². The van der Waals surface area contributed by atoms with Gasteiger partial charge in [-0.3, -0.25) is 0 Å². The summed E-state index contributed by atoms with van der Waals surface area (Å²) in [5, 5.41) is 1.31. The van der Waals surface area contributed by atoms with Gasteiger partial charge in [0.05, 0.1) is 5.69 Å². The van der Waals surface area contributed by atoms with E-state index in [0.717, 1.165) is 19.4 Å². The predicted octanol–water partition coefficient (Wildman–Crippen LogP) is 11.3. The number of fused-ring (bicyclic) bond motifs is 1. The van der Waals surface area contributed by atoms with E-state index in [4.69, 9.17) is 0 Å². The van der Waals surface area contributed by atoms with E-state index in [0.29, 0.717) is 0 Å². The zero-order valence-corrected chi connectivity index (χ0v) is 24.7. The second-order valence-electron chi connectivity index (χ2n) is 10.5. The van der Waals surface area contributed by atoms with Gasteiger partial charge < -0.3 is 4.57 Å². The smallest absolute Gasteiger partial charge is 0.0574 e. The third kappa shape index (κ3) is 7.52. The average molecular weight is 536 g/mol.